The topological polar surface area (TPSA) is 41.6 Å². The quantitative estimate of drug-likeness (QED) is 0.877. The molecule has 1 N–H and O–H groups in total. The summed E-state index contributed by atoms with van der Waals surface area (Å²) < 4.78 is 5.48. The lowest BCUT2D eigenvalue weighted by Crippen LogP contribution is -2.39. The number of nitrogens with zero attached hydrogens (tertiary/aromatic N) is 1. The Morgan fingerprint density at radius 3 is 2.70 bits per heavy atom. The number of methoxy groups -OCH3 is 1. The van der Waals surface area contributed by atoms with Crippen LogP contribution in [-0.2, 0) is 4.79 Å². The van der Waals surface area contributed by atoms with Gasteiger partial charge in [0.25, 0.3) is 0 Å². The predicted octanol–water partition coefficient (Wildman–Crippen LogP) is 2.85. The summed E-state index contributed by atoms with van der Waals surface area (Å²) in [4.78, 5) is 14.7. The normalized spacial score (nSPS) is 27.2. The van der Waals surface area contributed by atoms with Crippen molar-refractivity contribution in [2.75, 3.05) is 27.7 Å². The van der Waals surface area contributed by atoms with E-state index in [9.17, 15) is 4.79 Å². The largest absolute Gasteiger partial charge is 0.496 e. The molecule has 4 unspecified atom stereocenters. The summed E-state index contributed by atoms with van der Waals surface area (Å²) >= 11 is 0. The molecule has 0 heterocycles. The van der Waals surface area contributed by atoms with Crippen molar-refractivity contribution in [1.82, 2.24) is 10.2 Å². The van der Waals surface area contributed by atoms with Gasteiger partial charge in [-0.15, -0.1) is 0 Å². The summed E-state index contributed by atoms with van der Waals surface area (Å²) in [6.45, 7) is 0.625. The minimum Gasteiger partial charge on any atom is -0.496 e. The molecule has 4 heteroatoms. The second-order valence-electron chi connectivity index (χ2n) is 7.25. The first kappa shape index (κ1) is 16.3. The van der Waals surface area contributed by atoms with Gasteiger partial charge >= 0.3 is 0 Å². The van der Waals surface area contributed by atoms with Crippen LogP contribution in [0.2, 0.25) is 0 Å². The Morgan fingerprint density at radius 1 is 1.30 bits per heavy atom. The first-order chi connectivity index (χ1) is 11.1. The maximum Gasteiger partial charge on any atom is 0.223 e. The van der Waals surface area contributed by atoms with E-state index >= 15 is 0 Å². The molecule has 0 saturated heterocycles. The molecule has 2 saturated carbocycles. The first-order valence-electron chi connectivity index (χ1n) is 8.67. The molecule has 2 aliphatic rings. The van der Waals surface area contributed by atoms with Gasteiger partial charge in [-0.2, -0.15) is 0 Å². The van der Waals surface area contributed by atoms with Crippen LogP contribution in [0.1, 0.15) is 37.3 Å². The Morgan fingerprint density at radius 2 is 2.09 bits per heavy atom. The molecule has 2 aliphatic carbocycles. The number of carbonyl (C=O) groups is 1. The molecule has 1 aromatic rings. The van der Waals surface area contributed by atoms with Crippen molar-refractivity contribution in [2.24, 2.45) is 17.8 Å². The van der Waals surface area contributed by atoms with Crippen LogP contribution in [0.3, 0.4) is 0 Å². The van der Waals surface area contributed by atoms with Crippen LogP contribution in [0.4, 0.5) is 0 Å². The molecule has 0 spiro atoms. The van der Waals surface area contributed by atoms with Crippen LogP contribution in [-0.4, -0.2) is 38.6 Å². The molecule has 23 heavy (non-hydrogen) atoms. The molecule has 0 radical (unpaired) electrons. The molecule has 0 aromatic heterocycles. The highest BCUT2D eigenvalue weighted by molar-refractivity contribution is 5.79. The fourth-order valence-electron chi connectivity index (χ4n) is 4.41. The van der Waals surface area contributed by atoms with Crippen molar-refractivity contribution in [1.29, 1.82) is 0 Å². The minimum absolute atomic E-state index is 0.119. The van der Waals surface area contributed by atoms with Crippen molar-refractivity contribution in [3.63, 3.8) is 0 Å². The van der Waals surface area contributed by atoms with Gasteiger partial charge in [-0.1, -0.05) is 24.6 Å². The average Bonchev–Trinajstić information content (AvgIpc) is 3.18. The summed E-state index contributed by atoms with van der Waals surface area (Å²) in [7, 11) is 5.78. The van der Waals surface area contributed by atoms with Gasteiger partial charge < -0.3 is 15.0 Å². The molecule has 1 amide bonds. The molecule has 0 aliphatic heterocycles. The molecule has 3 rings (SSSR count). The van der Waals surface area contributed by atoms with Crippen molar-refractivity contribution in [3.05, 3.63) is 29.8 Å². The van der Waals surface area contributed by atoms with Crippen LogP contribution < -0.4 is 10.1 Å². The summed E-state index contributed by atoms with van der Waals surface area (Å²) in [5.74, 6) is 2.80. The Kier molecular flexibility index (Phi) is 4.90. The number of ether oxygens (including phenoxy) is 1. The van der Waals surface area contributed by atoms with Gasteiger partial charge in [0.1, 0.15) is 5.75 Å². The smallest absolute Gasteiger partial charge is 0.223 e. The summed E-state index contributed by atoms with van der Waals surface area (Å²) in [6, 6.07) is 8.17. The van der Waals surface area contributed by atoms with Crippen LogP contribution in [0.25, 0.3) is 0 Å². The zero-order chi connectivity index (χ0) is 16.4. The molecule has 1 aromatic carbocycles. The highest BCUT2D eigenvalue weighted by atomic mass is 16.5. The summed E-state index contributed by atoms with van der Waals surface area (Å²) in [5, 5.41) is 3.20. The number of carbonyl (C=O) groups excluding carboxylic acids is 1. The summed E-state index contributed by atoms with van der Waals surface area (Å²) in [6.07, 6.45) is 4.93. The van der Waals surface area contributed by atoms with Gasteiger partial charge in [-0.25, -0.2) is 0 Å². The Bertz CT molecular complexity index is 558. The van der Waals surface area contributed by atoms with Gasteiger partial charge in [0.15, 0.2) is 0 Å². The minimum atomic E-state index is 0.119. The van der Waals surface area contributed by atoms with E-state index in [1.54, 1.807) is 7.11 Å². The lowest BCUT2D eigenvalue weighted by atomic mass is 9.88. The Balaban J connectivity index is 1.65. The van der Waals surface area contributed by atoms with Crippen LogP contribution in [0, 0.1) is 17.8 Å². The number of hydrogen-bond donors (Lipinski definition) is 1. The van der Waals surface area contributed by atoms with Crippen LogP contribution in [0.15, 0.2) is 24.3 Å². The number of fused-ring (bicyclic) bond motifs is 2. The summed E-state index contributed by atoms with van der Waals surface area (Å²) in [5.41, 5.74) is 1.12. The second kappa shape index (κ2) is 6.91. The fourth-order valence-corrected chi connectivity index (χ4v) is 4.41. The number of likely N-dealkylation sites (N-methyl/N-ethyl adjacent to an activating group) is 1. The van der Waals surface area contributed by atoms with Crippen molar-refractivity contribution >= 4 is 5.91 Å². The van der Waals surface area contributed by atoms with Crippen molar-refractivity contribution < 1.29 is 9.53 Å². The fraction of sp³-hybridized carbons (Fsp3) is 0.632. The predicted molar refractivity (Wildman–Crippen MR) is 91.4 cm³/mol. The van der Waals surface area contributed by atoms with E-state index < -0.39 is 0 Å². The number of benzene rings is 1. The van der Waals surface area contributed by atoms with E-state index in [0.29, 0.717) is 12.5 Å². The van der Waals surface area contributed by atoms with Gasteiger partial charge in [0, 0.05) is 18.0 Å². The number of nitrogens with one attached hydrogen (secondary N) is 1. The van der Waals surface area contributed by atoms with E-state index in [1.165, 1.54) is 19.3 Å². The van der Waals surface area contributed by atoms with Crippen molar-refractivity contribution in [2.45, 2.75) is 31.7 Å². The standard InChI is InChI=1S/C19H28N2O2/c1-21(2)17(15-6-4-5-7-18(15)23-3)12-20-19(22)16-11-13-8-9-14(16)10-13/h4-7,13-14,16-17H,8-12H2,1-3H3,(H,20,22). The molecule has 4 atom stereocenters. The maximum absolute atomic E-state index is 12.6. The van der Waals surface area contributed by atoms with Crippen LogP contribution in [0.5, 0.6) is 5.75 Å². The highest BCUT2D eigenvalue weighted by Gasteiger charge is 2.43. The van der Waals surface area contributed by atoms with E-state index in [1.807, 2.05) is 32.3 Å². The Hall–Kier alpha value is -1.55. The third-order valence-electron chi connectivity index (χ3n) is 5.67. The van der Waals surface area contributed by atoms with Gasteiger partial charge in [-0.3, -0.25) is 4.79 Å². The van der Waals surface area contributed by atoms with E-state index in [-0.39, 0.29) is 17.9 Å². The lowest BCUT2D eigenvalue weighted by molar-refractivity contribution is -0.126. The lowest BCUT2D eigenvalue weighted by Gasteiger charge is -2.28. The molecule has 126 valence electrons. The Labute approximate surface area is 139 Å². The monoisotopic (exact) mass is 316 g/mol. The second-order valence-corrected chi connectivity index (χ2v) is 7.25. The first-order valence-corrected chi connectivity index (χ1v) is 8.67. The average molecular weight is 316 g/mol. The molecule has 2 bridgehead atoms. The number of amides is 1. The maximum atomic E-state index is 12.6. The third-order valence-corrected chi connectivity index (χ3v) is 5.67. The molecule has 2 fully saturated rings. The van der Waals surface area contributed by atoms with E-state index in [0.717, 1.165) is 23.7 Å². The zero-order valence-electron chi connectivity index (χ0n) is 14.4. The van der Waals surface area contributed by atoms with Gasteiger partial charge in [0.2, 0.25) is 5.91 Å². The number of rotatable bonds is 6. The van der Waals surface area contributed by atoms with E-state index in [4.69, 9.17) is 4.74 Å². The molecular formula is C19H28N2O2. The molecular weight excluding hydrogens is 288 g/mol. The third kappa shape index (κ3) is 3.37. The van der Waals surface area contributed by atoms with Gasteiger partial charge in [-0.05, 0) is 51.3 Å². The number of para-hydroxylation sites is 1. The zero-order valence-corrected chi connectivity index (χ0v) is 14.4. The van der Waals surface area contributed by atoms with E-state index in [2.05, 4.69) is 16.3 Å². The van der Waals surface area contributed by atoms with Gasteiger partial charge in [0.05, 0.1) is 13.2 Å². The number of hydrogen-bond acceptors (Lipinski definition) is 3. The SMILES string of the molecule is COc1ccccc1C(CNC(=O)C1CC2CCC1C2)N(C)C. The molecule has 4 nitrogen and oxygen atoms in total. The van der Waals surface area contributed by atoms with Crippen molar-refractivity contribution in [3.8, 4) is 5.75 Å². The highest BCUT2D eigenvalue weighted by Crippen LogP contribution is 2.48. The van der Waals surface area contributed by atoms with Crippen LogP contribution >= 0.6 is 0 Å².